The minimum absolute atomic E-state index is 0.00628. The number of aromatic nitrogens is 1. The van der Waals surface area contributed by atoms with E-state index in [0.29, 0.717) is 16.3 Å². The smallest absolute Gasteiger partial charge is 0.274 e. The van der Waals surface area contributed by atoms with Gasteiger partial charge >= 0.3 is 0 Å². The van der Waals surface area contributed by atoms with E-state index in [1.807, 2.05) is 0 Å². The fourth-order valence-electron chi connectivity index (χ4n) is 1.71. The third kappa shape index (κ3) is 3.93. The van der Waals surface area contributed by atoms with Gasteiger partial charge in [-0.15, -0.1) is 0 Å². The van der Waals surface area contributed by atoms with Crippen molar-refractivity contribution in [1.29, 1.82) is 0 Å². The molecule has 1 amide bonds. The summed E-state index contributed by atoms with van der Waals surface area (Å²) in [5.74, 6) is -0.424. The highest BCUT2D eigenvalue weighted by Gasteiger charge is 2.14. The van der Waals surface area contributed by atoms with E-state index in [0.717, 1.165) is 0 Å². The van der Waals surface area contributed by atoms with Gasteiger partial charge in [0.2, 0.25) is 0 Å². The lowest BCUT2D eigenvalue weighted by Gasteiger charge is -2.08. The Bertz CT molecular complexity index is 790. The summed E-state index contributed by atoms with van der Waals surface area (Å²) in [5, 5.41) is 3.04. The fraction of sp³-hybridized carbons (Fsp3) is 0.0769. The van der Waals surface area contributed by atoms with Crippen molar-refractivity contribution in [2.45, 2.75) is 11.8 Å². The Kier molecular flexibility index (Phi) is 4.51. The van der Waals surface area contributed by atoms with Crippen molar-refractivity contribution in [3.05, 3.63) is 52.8 Å². The highest BCUT2D eigenvalue weighted by molar-refractivity contribution is 8.13. The monoisotopic (exact) mass is 344 g/mol. The van der Waals surface area contributed by atoms with Gasteiger partial charge in [-0.1, -0.05) is 11.6 Å². The van der Waals surface area contributed by atoms with Crippen LogP contribution in [0.2, 0.25) is 5.02 Å². The van der Waals surface area contributed by atoms with Crippen molar-refractivity contribution < 1.29 is 13.2 Å². The molecule has 1 aromatic heterocycles. The molecule has 2 aromatic rings. The highest BCUT2D eigenvalue weighted by Crippen LogP contribution is 2.23. The number of carbonyl (C=O) groups excluding carboxylic acids is 1. The molecule has 8 heteroatoms. The van der Waals surface area contributed by atoms with Crippen LogP contribution in [0.3, 0.4) is 0 Å². The van der Waals surface area contributed by atoms with Crippen molar-refractivity contribution in [3.63, 3.8) is 0 Å². The van der Waals surface area contributed by atoms with Crippen LogP contribution in [0, 0.1) is 6.92 Å². The standard InChI is InChI=1S/C13H10Cl2N2O3S/c1-8-6-10(3-5-12(8)21(15,19)20)17-13(18)11-4-2-9(14)7-16-11/h2-7H,1H3,(H,17,18). The van der Waals surface area contributed by atoms with Crippen LogP contribution >= 0.6 is 22.3 Å². The van der Waals surface area contributed by atoms with Gasteiger partial charge in [-0.05, 0) is 42.8 Å². The molecule has 0 saturated heterocycles. The zero-order chi connectivity index (χ0) is 15.6. The first-order valence-corrected chi connectivity index (χ1v) is 8.44. The van der Waals surface area contributed by atoms with E-state index in [2.05, 4.69) is 10.3 Å². The van der Waals surface area contributed by atoms with Gasteiger partial charge in [-0.2, -0.15) is 0 Å². The number of aryl methyl sites for hydroxylation is 1. The predicted molar refractivity (Wildman–Crippen MR) is 81.4 cm³/mol. The second-order valence-electron chi connectivity index (χ2n) is 4.23. The van der Waals surface area contributed by atoms with Crippen LogP contribution in [0.25, 0.3) is 0 Å². The molecule has 0 aliphatic heterocycles. The van der Waals surface area contributed by atoms with Gasteiger partial charge in [0.05, 0.1) is 9.92 Å². The Morgan fingerprint density at radius 3 is 2.48 bits per heavy atom. The fourth-order valence-corrected chi connectivity index (χ4v) is 3.01. The van der Waals surface area contributed by atoms with Gasteiger partial charge in [0.1, 0.15) is 5.69 Å². The molecule has 0 aliphatic rings. The van der Waals surface area contributed by atoms with Gasteiger partial charge in [0.25, 0.3) is 15.0 Å². The lowest BCUT2D eigenvalue weighted by atomic mass is 10.2. The van der Waals surface area contributed by atoms with Crippen LogP contribution < -0.4 is 5.32 Å². The van der Waals surface area contributed by atoms with Gasteiger partial charge in [-0.25, -0.2) is 13.4 Å². The number of anilines is 1. The van der Waals surface area contributed by atoms with Crippen LogP contribution in [-0.4, -0.2) is 19.3 Å². The quantitative estimate of drug-likeness (QED) is 0.867. The molecule has 1 heterocycles. The van der Waals surface area contributed by atoms with Crippen molar-refractivity contribution in [3.8, 4) is 0 Å². The summed E-state index contributed by atoms with van der Waals surface area (Å²) < 4.78 is 22.6. The Labute approximate surface area is 131 Å². The number of hydrogen-bond donors (Lipinski definition) is 1. The maximum absolute atomic E-state index is 12.0. The van der Waals surface area contributed by atoms with Gasteiger partial charge in [0, 0.05) is 22.6 Å². The summed E-state index contributed by atoms with van der Waals surface area (Å²) >= 11 is 5.69. The molecule has 0 bridgehead atoms. The third-order valence-corrected chi connectivity index (χ3v) is 4.36. The molecular weight excluding hydrogens is 335 g/mol. The van der Waals surface area contributed by atoms with E-state index >= 15 is 0 Å². The van der Waals surface area contributed by atoms with E-state index in [-0.39, 0.29) is 10.6 Å². The topological polar surface area (TPSA) is 76.1 Å². The van der Waals surface area contributed by atoms with E-state index in [9.17, 15) is 13.2 Å². The molecule has 0 saturated carbocycles. The van der Waals surface area contributed by atoms with E-state index < -0.39 is 15.0 Å². The van der Waals surface area contributed by atoms with Crippen molar-refractivity contribution in [2.75, 3.05) is 5.32 Å². The zero-order valence-corrected chi connectivity index (χ0v) is 13.1. The number of nitrogens with zero attached hydrogens (tertiary/aromatic N) is 1. The maximum atomic E-state index is 12.0. The van der Waals surface area contributed by atoms with Crippen LogP contribution in [0.5, 0.6) is 0 Å². The summed E-state index contributed by atoms with van der Waals surface area (Å²) in [7, 11) is 1.49. The Balaban J connectivity index is 2.22. The van der Waals surface area contributed by atoms with E-state index in [1.165, 1.54) is 30.5 Å². The van der Waals surface area contributed by atoms with Gasteiger partial charge in [-0.3, -0.25) is 4.79 Å². The first kappa shape index (κ1) is 15.8. The number of amides is 1. The summed E-state index contributed by atoms with van der Waals surface area (Å²) in [6.07, 6.45) is 1.37. The second kappa shape index (κ2) is 6.01. The van der Waals surface area contributed by atoms with Crippen LogP contribution in [0.1, 0.15) is 16.1 Å². The van der Waals surface area contributed by atoms with Crippen LogP contribution in [-0.2, 0) is 9.05 Å². The van der Waals surface area contributed by atoms with Gasteiger partial charge < -0.3 is 5.32 Å². The molecule has 5 nitrogen and oxygen atoms in total. The number of rotatable bonds is 3. The summed E-state index contributed by atoms with van der Waals surface area (Å²) in [4.78, 5) is 15.9. The minimum atomic E-state index is -3.80. The number of carbonyl (C=O) groups is 1. The summed E-state index contributed by atoms with van der Waals surface area (Å²) in [5.41, 5.74) is 1.08. The molecule has 0 fully saturated rings. The number of pyridine rings is 1. The molecular formula is C13H10Cl2N2O3S. The van der Waals surface area contributed by atoms with E-state index in [4.69, 9.17) is 22.3 Å². The van der Waals surface area contributed by atoms with Crippen molar-refractivity contribution in [2.24, 2.45) is 0 Å². The maximum Gasteiger partial charge on any atom is 0.274 e. The van der Waals surface area contributed by atoms with Crippen molar-refractivity contribution in [1.82, 2.24) is 4.98 Å². The van der Waals surface area contributed by atoms with Crippen LogP contribution in [0.15, 0.2) is 41.4 Å². The minimum Gasteiger partial charge on any atom is -0.321 e. The largest absolute Gasteiger partial charge is 0.321 e. The zero-order valence-electron chi connectivity index (χ0n) is 10.8. The normalized spacial score (nSPS) is 11.2. The number of hydrogen-bond acceptors (Lipinski definition) is 4. The Hall–Kier alpha value is -1.63. The Morgan fingerprint density at radius 1 is 1.24 bits per heavy atom. The molecule has 0 unspecified atom stereocenters. The molecule has 1 N–H and O–H groups in total. The molecule has 110 valence electrons. The molecule has 0 spiro atoms. The highest BCUT2D eigenvalue weighted by atomic mass is 35.7. The first-order valence-electron chi connectivity index (χ1n) is 5.75. The lowest BCUT2D eigenvalue weighted by molar-refractivity contribution is 0.102. The Morgan fingerprint density at radius 2 is 1.95 bits per heavy atom. The van der Waals surface area contributed by atoms with Gasteiger partial charge in [0.15, 0.2) is 0 Å². The molecule has 0 radical (unpaired) electrons. The predicted octanol–water partition coefficient (Wildman–Crippen LogP) is 3.22. The molecule has 2 rings (SSSR count). The molecule has 0 atom stereocenters. The average molecular weight is 345 g/mol. The average Bonchev–Trinajstić information content (AvgIpc) is 2.37. The molecule has 0 aliphatic carbocycles. The molecule has 21 heavy (non-hydrogen) atoms. The molecule has 1 aromatic carbocycles. The number of benzene rings is 1. The second-order valence-corrected chi connectivity index (χ2v) is 7.20. The lowest BCUT2D eigenvalue weighted by Crippen LogP contribution is -2.13. The van der Waals surface area contributed by atoms with E-state index in [1.54, 1.807) is 13.0 Å². The number of halogens is 2. The SMILES string of the molecule is Cc1cc(NC(=O)c2ccc(Cl)cn2)ccc1S(=O)(=O)Cl. The van der Waals surface area contributed by atoms with Crippen LogP contribution in [0.4, 0.5) is 5.69 Å². The summed E-state index contributed by atoms with van der Waals surface area (Å²) in [6.45, 7) is 1.59. The van der Waals surface area contributed by atoms with Crippen molar-refractivity contribution >= 4 is 42.9 Å². The first-order chi connectivity index (χ1) is 9.77. The number of nitrogens with one attached hydrogen (secondary N) is 1. The third-order valence-electron chi connectivity index (χ3n) is 2.66. The summed E-state index contributed by atoms with van der Waals surface area (Å²) in [6, 6.07) is 7.35.